The fourth-order valence-corrected chi connectivity index (χ4v) is 2.71. The minimum absolute atomic E-state index is 0.132. The zero-order valence-corrected chi connectivity index (χ0v) is 18.1. The van der Waals surface area contributed by atoms with E-state index in [1.165, 1.54) is 12.3 Å². The lowest BCUT2D eigenvalue weighted by atomic mass is 10.1. The van der Waals surface area contributed by atoms with Crippen LogP contribution in [0.15, 0.2) is 53.5 Å². The topological polar surface area (TPSA) is 44.1 Å². The average Bonchev–Trinajstić information content (AvgIpc) is 2.73. The summed E-state index contributed by atoms with van der Waals surface area (Å²) in [6, 6.07) is 10.9. The Kier molecular flexibility index (Phi) is 8.27. The zero-order valence-electron chi connectivity index (χ0n) is 18.1. The van der Waals surface area contributed by atoms with E-state index in [4.69, 9.17) is 4.74 Å². The van der Waals surface area contributed by atoms with Crippen molar-refractivity contribution in [2.45, 2.75) is 41.0 Å². The molecular formula is C24H28F2N2O2. The second-order valence-corrected chi connectivity index (χ2v) is 7.10. The fourth-order valence-electron chi connectivity index (χ4n) is 2.71. The maximum absolute atomic E-state index is 13.6. The van der Waals surface area contributed by atoms with Gasteiger partial charge in [-0.25, -0.2) is 8.78 Å². The minimum Gasteiger partial charge on any atom is -0.487 e. The molecule has 4 nitrogen and oxygen atoms in total. The van der Waals surface area contributed by atoms with Crippen molar-refractivity contribution in [3.63, 3.8) is 0 Å². The number of aromatic nitrogens is 2. The van der Waals surface area contributed by atoms with Crippen LogP contribution >= 0.6 is 0 Å². The predicted molar refractivity (Wildman–Crippen MR) is 116 cm³/mol. The first-order valence-electron chi connectivity index (χ1n) is 10.1. The normalized spacial score (nSPS) is 10.5. The van der Waals surface area contributed by atoms with E-state index in [1.807, 2.05) is 45.0 Å². The Labute approximate surface area is 176 Å². The highest BCUT2D eigenvalue weighted by molar-refractivity contribution is 5.69. The summed E-state index contributed by atoms with van der Waals surface area (Å²) in [7, 11) is 0. The number of halogens is 2. The molecule has 0 atom stereocenters. The van der Waals surface area contributed by atoms with Crippen LogP contribution in [0.1, 0.15) is 39.7 Å². The molecule has 1 aromatic heterocycles. The van der Waals surface area contributed by atoms with Gasteiger partial charge in [0.1, 0.15) is 0 Å². The molecule has 0 amide bonds. The molecule has 2 aromatic carbocycles. The molecule has 1 heterocycles. The smallest absolute Gasteiger partial charge is 0.314 e. The van der Waals surface area contributed by atoms with Gasteiger partial charge in [0.15, 0.2) is 17.4 Å². The van der Waals surface area contributed by atoms with Crippen molar-refractivity contribution in [3.8, 4) is 22.6 Å². The van der Waals surface area contributed by atoms with E-state index in [-0.39, 0.29) is 11.4 Å². The van der Waals surface area contributed by atoms with Crippen molar-refractivity contribution in [1.82, 2.24) is 9.78 Å². The molecule has 3 rings (SSSR count). The molecule has 3 aromatic rings. The quantitative estimate of drug-likeness (QED) is 0.502. The summed E-state index contributed by atoms with van der Waals surface area (Å²) < 4.78 is 33.7. The number of hydrogen-bond acceptors (Lipinski definition) is 3. The van der Waals surface area contributed by atoms with E-state index in [1.54, 1.807) is 0 Å². The Morgan fingerprint density at radius 2 is 1.70 bits per heavy atom. The van der Waals surface area contributed by atoms with Crippen molar-refractivity contribution in [2.24, 2.45) is 5.92 Å². The molecular weight excluding hydrogens is 386 g/mol. The zero-order chi connectivity index (χ0) is 22.3. The molecule has 0 radical (unpaired) electrons. The van der Waals surface area contributed by atoms with Gasteiger partial charge in [-0.05, 0) is 37.0 Å². The maximum atomic E-state index is 13.6. The van der Waals surface area contributed by atoms with Gasteiger partial charge in [0.2, 0.25) is 0 Å². The van der Waals surface area contributed by atoms with E-state index in [0.29, 0.717) is 18.1 Å². The Bertz CT molecular complexity index is 1030. The summed E-state index contributed by atoms with van der Waals surface area (Å²) >= 11 is 0. The van der Waals surface area contributed by atoms with Crippen LogP contribution in [0.5, 0.6) is 5.75 Å². The molecule has 0 aliphatic rings. The Morgan fingerprint density at radius 1 is 1.03 bits per heavy atom. The van der Waals surface area contributed by atoms with Gasteiger partial charge in [-0.2, -0.15) is 9.78 Å². The summed E-state index contributed by atoms with van der Waals surface area (Å²) in [6.07, 6.45) is 2.29. The first-order valence-corrected chi connectivity index (χ1v) is 10.1. The van der Waals surface area contributed by atoms with Gasteiger partial charge >= 0.3 is 5.56 Å². The van der Waals surface area contributed by atoms with Gasteiger partial charge in [0.05, 0.1) is 18.5 Å². The maximum Gasteiger partial charge on any atom is 0.314 e. The van der Waals surface area contributed by atoms with Gasteiger partial charge in [-0.15, -0.1) is 0 Å². The molecule has 0 aliphatic heterocycles. The molecule has 0 unspecified atom stereocenters. The van der Waals surface area contributed by atoms with Gasteiger partial charge in [0.25, 0.3) is 0 Å². The molecule has 160 valence electrons. The molecule has 0 spiro atoms. The largest absolute Gasteiger partial charge is 0.487 e. The fraction of sp³-hybridized carbons (Fsp3) is 0.333. The van der Waals surface area contributed by atoms with Crippen molar-refractivity contribution in [2.75, 3.05) is 6.61 Å². The summed E-state index contributed by atoms with van der Waals surface area (Å²) in [5.74, 6) is -1.47. The van der Waals surface area contributed by atoms with Gasteiger partial charge in [0, 0.05) is 11.6 Å². The van der Waals surface area contributed by atoms with Crippen LogP contribution in [0.2, 0.25) is 0 Å². The van der Waals surface area contributed by atoms with E-state index < -0.39 is 17.2 Å². The Hall–Kier alpha value is -3.02. The van der Waals surface area contributed by atoms with Crippen LogP contribution in [0.25, 0.3) is 16.8 Å². The van der Waals surface area contributed by atoms with Crippen LogP contribution in [0.4, 0.5) is 8.78 Å². The van der Waals surface area contributed by atoms with Crippen molar-refractivity contribution in [1.29, 1.82) is 0 Å². The lowest BCUT2D eigenvalue weighted by Gasteiger charge is -2.14. The molecule has 0 aliphatic carbocycles. The van der Waals surface area contributed by atoms with Crippen molar-refractivity contribution in [3.05, 3.63) is 76.2 Å². The average molecular weight is 414 g/mol. The third kappa shape index (κ3) is 5.53. The predicted octanol–water partition coefficient (Wildman–Crippen LogP) is 5.94. The highest BCUT2D eigenvalue weighted by atomic mass is 19.2. The summed E-state index contributed by atoms with van der Waals surface area (Å²) in [5.41, 5.74) is 2.06. The number of hydrogen-bond donors (Lipinski definition) is 0. The summed E-state index contributed by atoms with van der Waals surface area (Å²) in [6.45, 7) is 10.5. The van der Waals surface area contributed by atoms with Crippen LogP contribution in [-0.4, -0.2) is 16.4 Å². The van der Waals surface area contributed by atoms with Crippen LogP contribution in [0, 0.1) is 24.5 Å². The van der Waals surface area contributed by atoms with E-state index in [9.17, 15) is 13.6 Å². The summed E-state index contributed by atoms with van der Waals surface area (Å²) in [5, 5.41) is 4.16. The lowest BCUT2D eigenvalue weighted by Crippen LogP contribution is -2.24. The van der Waals surface area contributed by atoms with Crippen LogP contribution in [-0.2, 0) is 0 Å². The lowest BCUT2D eigenvalue weighted by molar-refractivity contribution is 0.285. The van der Waals surface area contributed by atoms with E-state index >= 15 is 0 Å². The number of aryl methyl sites for hydroxylation is 1. The second kappa shape index (κ2) is 10.7. The van der Waals surface area contributed by atoms with Crippen LogP contribution < -0.4 is 10.3 Å². The first-order chi connectivity index (χ1) is 14.4. The molecule has 0 saturated heterocycles. The third-order valence-corrected chi connectivity index (χ3v) is 4.39. The number of benzene rings is 2. The second-order valence-electron chi connectivity index (χ2n) is 7.10. The molecule has 0 bridgehead atoms. The third-order valence-electron chi connectivity index (χ3n) is 4.39. The van der Waals surface area contributed by atoms with E-state index in [0.717, 1.165) is 34.4 Å². The molecule has 0 saturated carbocycles. The Morgan fingerprint density at radius 3 is 2.30 bits per heavy atom. The van der Waals surface area contributed by atoms with Crippen LogP contribution in [0.3, 0.4) is 0 Å². The molecule has 0 fully saturated rings. The monoisotopic (exact) mass is 414 g/mol. The van der Waals surface area contributed by atoms with Gasteiger partial charge in [-0.1, -0.05) is 57.5 Å². The van der Waals surface area contributed by atoms with Crippen molar-refractivity contribution >= 4 is 0 Å². The number of rotatable bonds is 6. The standard InChI is InChI=1S/C22H22F2N2O2.C2H6/c1-14(2)10-11-28-21-18(16-6-4-15(3)5-7-16)13-25-26(22(21)27)17-8-9-19(23)20(24)12-17;1-2/h4-9,12-14H,10-11H2,1-3H3;1-2H3. The molecule has 6 heteroatoms. The van der Waals surface area contributed by atoms with Gasteiger partial charge in [-0.3, -0.25) is 4.79 Å². The highest BCUT2D eigenvalue weighted by Gasteiger charge is 2.17. The highest BCUT2D eigenvalue weighted by Crippen LogP contribution is 2.27. The van der Waals surface area contributed by atoms with E-state index in [2.05, 4.69) is 18.9 Å². The summed E-state index contributed by atoms with van der Waals surface area (Å²) in [4.78, 5) is 13.1. The molecule has 0 N–H and O–H groups in total. The SMILES string of the molecule is CC.Cc1ccc(-c2cnn(-c3ccc(F)c(F)c3)c(=O)c2OCCC(C)C)cc1. The number of nitrogens with zero attached hydrogens (tertiary/aromatic N) is 2. The van der Waals surface area contributed by atoms with Crippen molar-refractivity contribution < 1.29 is 13.5 Å². The Balaban J connectivity index is 0.00000155. The first kappa shape index (κ1) is 23.3. The molecule has 30 heavy (non-hydrogen) atoms. The number of ether oxygens (including phenoxy) is 1. The minimum atomic E-state index is -1.05. The van der Waals surface area contributed by atoms with Gasteiger partial charge < -0.3 is 4.74 Å².